The van der Waals surface area contributed by atoms with Crippen molar-refractivity contribution in [2.24, 2.45) is 0 Å². The van der Waals surface area contributed by atoms with E-state index >= 15 is 0 Å². The minimum Gasteiger partial charge on any atom is -0.466 e. The predicted molar refractivity (Wildman–Crippen MR) is 78.7 cm³/mol. The molecule has 1 N–H and O–H groups in total. The molecule has 5 nitrogen and oxygen atoms in total. The summed E-state index contributed by atoms with van der Waals surface area (Å²) in [4.78, 5) is 3.85. The highest BCUT2D eigenvalue weighted by Crippen LogP contribution is 2.23. The van der Waals surface area contributed by atoms with Crippen molar-refractivity contribution in [2.45, 2.75) is 6.23 Å². The molecule has 0 radical (unpaired) electrons. The minimum atomic E-state index is -0.574. The molecule has 3 rings (SSSR count). The molecule has 0 bridgehead atoms. The van der Waals surface area contributed by atoms with E-state index in [1.54, 1.807) is 0 Å². The SMILES string of the molecule is OCC(Oc1ccc(-c2ccccc2)cc1)n1cncn1. The van der Waals surface area contributed by atoms with E-state index in [-0.39, 0.29) is 6.61 Å². The van der Waals surface area contributed by atoms with E-state index in [0.29, 0.717) is 5.75 Å². The van der Waals surface area contributed by atoms with Crippen molar-refractivity contribution in [1.82, 2.24) is 14.8 Å². The smallest absolute Gasteiger partial charge is 0.215 e. The highest BCUT2D eigenvalue weighted by atomic mass is 16.5. The van der Waals surface area contributed by atoms with Gasteiger partial charge < -0.3 is 9.84 Å². The zero-order valence-electron chi connectivity index (χ0n) is 11.3. The molecular formula is C16H15N3O2. The first-order chi connectivity index (χ1) is 10.4. The summed E-state index contributed by atoms with van der Waals surface area (Å²) < 4.78 is 7.19. The van der Waals surface area contributed by atoms with Crippen molar-refractivity contribution in [3.63, 3.8) is 0 Å². The Morgan fingerprint density at radius 1 is 1.00 bits per heavy atom. The molecule has 0 amide bonds. The Morgan fingerprint density at radius 2 is 1.71 bits per heavy atom. The van der Waals surface area contributed by atoms with Crippen LogP contribution in [0.2, 0.25) is 0 Å². The first-order valence-electron chi connectivity index (χ1n) is 6.64. The monoisotopic (exact) mass is 281 g/mol. The first kappa shape index (κ1) is 13.3. The summed E-state index contributed by atoms with van der Waals surface area (Å²) in [7, 11) is 0. The van der Waals surface area contributed by atoms with Crippen molar-refractivity contribution >= 4 is 0 Å². The lowest BCUT2D eigenvalue weighted by molar-refractivity contribution is 0.0510. The Morgan fingerprint density at radius 3 is 2.33 bits per heavy atom. The number of benzene rings is 2. The van der Waals surface area contributed by atoms with Gasteiger partial charge in [0, 0.05) is 0 Å². The fraction of sp³-hybridized carbons (Fsp3) is 0.125. The second kappa shape index (κ2) is 6.19. The molecule has 0 aliphatic rings. The Kier molecular flexibility index (Phi) is 3.93. The number of aliphatic hydroxyl groups is 1. The molecule has 0 spiro atoms. The van der Waals surface area contributed by atoms with Crippen LogP contribution < -0.4 is 4.74 Å². The quantitative estimate of drug-likeness (QED) is 0.780. The molecule has 0 aliphatic heterocycles. The Labute approximate surface area is 122 Å². The number of nitrogens with zero attached hydrogens (tertiary/aromatic N) is 3. The van der Waals surface area contributed by atoms with E-state index in [0.717, 1.165) is 11.1 Å². The largest absolute Gasteiger partial charge is 0.466 e. The van der Waals surface area contributed by atoms with Crippen LogP contribution in [0.15, 0.2) is 67.3 Å². The summed E-state index contributed by atoms with van der Waals surface area (Å²) in [6.45, 7) is -0.177. The number of hydrogen-bond donors (Lipinski definition) is 1. The van der Waals surface area contributed by atoms with E-state index in [4.69, 9.17) is 4.74 Å². The predicted octanol–water partition coefficient (Wildman–Crippen LogP) is 2.51. The van der Waals surface area contributed by atoms with Gasteiger partial charge in [-0.15, -0.1) is 0 Å². The summed E-state index contributed by atoms with van der Waals surface area (Å²) >= 11 is 0. The Balaban J connectivity index is 1.75. The van der Waals surface area contributed by atoms with Crippen molar-refractivity contribution in [1.29, 1.82) is 0 Å². The summed E-state index contributed by atoms with van der Waals surface area (Å²) in [6.07, 6.45) is 2.35. The van der Waals surface area contributed by atoms with Crippen molar-refractivity contribution in [2.75, 3.05) is 6.61 Å². The van der Waals surface area contributed by atoms with Gasteiger partial charge in [-0.1, -0.05) is 42.5 Å². The highest BCUT2D eigenvalue weighted by molar-refractivity contribution is 5.63. The molecule has 5 heteroatoms. The fourth-order valence-corrected chi connectivity index (χ4v) is 2.05. The van der Waals surface area contributed by atoms with Gasteiger partial charge in [-0.25, -0.2) is 9.67 Å². The van der Waals surface area contributed by atoms with Crippen molar-refractivity contribution in [3.8, 4) is 16.9 Å². The number of hydrogen-bond acceptors (Lipinski definition) is 4. The standard InChI is InChI=1S/C16H15N3O2/c20-10-16(19-12-17-11-18-19)21-15-8-6-14(7-9-15)13-4-2-1-3-5-13/h1-9,11-12,16,20H,10H2. The van der Waals surface area contributed by atoms with Crippen LogP contribution in [0.5, 0.6) is 5.75 Å². The van der Waals surface area contributed by atoms with Crippen LogP contribution in [0.25, 0.3) is 11.1 Å². The van der Waals surface area contributed by atoms with Gasteiger partial charge >= 0.3 is 0 Å². The maximum atomic E-state index is 9.38. The molecule has 2 aromatic carbocycles. The summed E-state index contributed by atoms with van der Waals surface area (Å²) in [6, 6.07) is 17.8. The summed E-state index contributed by atoms with van der Waals surface area (Å²) in [5.74, 6) is 0.671. The molecule has 0 saturated carbocycles. The van der Waals surface area contributed by atoms with Crippen LogP contribution in [-0.4, -0.2) is 26.5 Å². The zero-order valence-corrected chi connectivity index (χ0v) is 11.3. The number of rotatable bonds is 5. The fourth-order valence-electron chi connectivity index (χ4n) is 2.05. The topological polar surface area (TPSA) is 60.2 Å². The maximum absolute atomic E-state index is 9.38. The van der Waals surface area contributed by atoms with E-state index in [1.165, 1.54) is 17.3 Å². The van der Waals surface area contributed by atoms with Gasteiger partial charge in [-0.05, 0) is 23.3 Å². The normalized spacial score (nSPS) is 12.0. The summed E-state index contributed by atoms with van der Waals surface area (Å²) in [5.41, 5.74) is 2.27. The van der Waals surface area contributed by atoms with Gasteiger partial charge in [-0.3, -0.25) is 0 Å². The molecule has 0 fully saturated rings. The highest BCUT2D eigenvalue weighted by Gasteiger charge is 2.11. The third-order valence-electron chi connectivity index (χ3n) is 3.12. The van der Waals surface area contributed by atoms with E-state index in [2.05, 4.69) is 22.2 Å². The number of ether oxygens (including phenoxy) is 1. The average molecular weight is 281 g/mol. The van der Waals surface area contributed by atoms with Gasteiger partial charge in [-0.2, -0.15) is 5.10 Å². The molecule has 0 saturated heterocycles. The summed E-state index contributed by atoms with van der Waals surface area (Å²) in [5, 5.41) is 13.3. The Bertz CT molecular complexity index is 667. The van der Waals surface area contributed by atoms with Gasteiger partial charge in [0.15, 0.2) is 0 Å². The molecular weight excluding hydrogens is 266 g/mol. The molecule has 1 atom stereocenters. The molecule has 1 heterocycles. The maximum Gasteiger partial charge on any atom is 0.215 e. The number of aliphatic hydroxyl groups excluding tert-OH is 1. The van der Waals surface area contributed by atoms with Crippen LogP contribution in [-0.2, 0) is 0 Å². The van der Waals surface area contributed by atoms with Gasteiger partial charge in [0.1, 0.15) is 25.0 Å². The lowest BCUT2D eigenvalue weighted by Crippen LogP contribution is -2.20. The van der Waals surface area contributed by atoms with E-state index in [9.17, 15) is 5.11 Å². The lowest BCUT2D eigenvalue weighted by Gasteiger charge is -2.16. The van der Waals surface area contributed by atoms with Gasteiger partial charge in [0.05, 0.1) is 0 Å². The van der Waals surface area contributed by atoms with Gasteiger partial charge in [0.2, 0.25) is 6.23 Å². The van der Waals surface area contributed by atoms with Gasteiger partial charge in [0.25, 0.3) is 0 Å². The average Bonchev–Trinajstić information content (AvgIpc) is 3.08. The van der Waals surface area contributed by atoms with E-state index in [1.807, 2.05) is 42.5 Å². The van der Waals surface area contributed by atoms with Crippen molar-refractivity contribution in [3.05, 3.63) is 67.3 Å². The number of aromatic nitrogens is 3. The molecule has 0 aliphatic carbocycles. The van der Waals surface area contributed by atoms with E-state index < -0.39 is 6.23 Å². The van der Waals surface area contributed by atoms with Crippen LogP contribution in [0.4, 0.5) is 0 Å². The first-order valence-corrected chi connectivity index (χ1v) is 6.64. The minimum absolute atomic E-state index is 0.177. The zero-order chi connectivity index (χ0) is 14.5. The molecule has 1 aromatic heterocycles. The van der Waals surface area contributed by atoms with Crippen molar-refractivity contribution < 1.29 is 9.84 Å². The van der Waals surface area contributed by atoms with Crippen LogP contribution in [0.1, 0.15) is 6.23 Å². The molecule has 3 aromatic rings. The second-order valence-corrected chi connectivity index (χ2v) is 4.52. The van der Waals surface area contributed by atoms with Crippen LogP contribution in [0, 0.1) is 0 Å². The molecule has 21 heavy (non-hydrogen) atoms. The third kappa shape index (κ3) is 3.09. The molecule has 1 unspecified atom stereocenters. The Hall–Kier alpha value is -2.66. The van der Waals surface area contributed by atoms with Crippen LogP contribution >= 0.6 is 0 Å². The molecule has 106 valence electrons. The lowest BCUT2D eigenvalue weighted by atomic mass is 10.1. The third-order valence-corrected chi connectivity index (χ3v) is 3.12. The second-order valence-electron chi connectivity index (χ2n) is 4.52. The van der Waals surface area contributed by atoms with Crippen LogP contribution in [0.3, 0.4) is 0 Å².